The van der Waals surface area contributed by atoms with Crippen molar-refractivity contribution in [2.45, 2.75) is 39.8 Å². The number of nitrogens with one attached hydrogen (secondary N) is 2. The van der Waals surface area contributed by atoms with Crippen LogP contribution in [-0.2, 0) is 9.53 Å². The van der Waals surface area contributed by atoms with Crippen LogP contribution in [0.1, 0.15) is 39.3 Å². The van der Waals surface area contributed by atoms with E-state index < -0.39 is 17.9 Å². The Morgan fingerprint density at radius 2 is 1.87 bits per heavy atom. The second-order valence-electron chi connectivity index (χ2n) is 6.93. The molecule has 2 amide bonds. The molecule has 5 nitrogen and oxygen atoms in total. The van der Waals surface area contributed by atoms with Gasteiger partial charge < -0.3 is 15.4 Å². The molecule has 1 heterocycles. The summed E-state index contributed by atoms with van der Waals surface area (Å²) in [7, 11) is 0. The van der Waals surface area contributed by atoms with E-state index in [1.165, 1.54) is 0 Å². The summed E-state index contributed by atoms with van der Waals surface area (Å²) in [5, 5.41) is 5.37. The number of amides is 2. The van der Waals surface area contributed by atoms with Gasteiger partial charge in [-0.3, -0.25) is 4.79 Å². The second-order valence-corrected chi connectivity index (χ2v) is 6.93. The summed E-state index contributed by atoms with van der Waals surface area (Å²) in [6.07, 6.45) is -0.253. The summed E-state index contributed by atoms with van der Waals surface area (Å²) in [6, 6.07) is 8.51. The molecule has 1 aromatic carbocycles. The zero-order valence-corrected chi connectivity index (χ0v) is 14.1. The molecule has 1 saturated heterocycles. The molecule has 3 atom stereocenters. The first-order chi connectivity index (χ1) is 10.7. The van der Waals surface area contributed by atoms with Crippen LogP contribution in [0, 0.1) is 11.3 Å². The van der Waals surface area contributed by atoms with Gasteiger partial charge in [-0.25, -0.2) is 4.79 Å². The Kier molecular flexibility index (Phi) is 4.78. The Bertz CT molecular complexity index is 604. The number of rotatable bonds is 3. The van der Waals surface area contributed by atoms with Crippen molar-refractivity contribution in [3.05, 3.63) is 48.2 Å². The fraction of sp³-hybridized carbons (Fsp3) is 0.444. The fourth-order valence-corrected chi connectivity index (χ4v) is 2.32. The van der Waals surface area contributed by atoms with E-state index in [-0.39, 0.29) is 17.6 Å². The van der Waals surface area contributed by atoms with Crippen LogP contribution in [0.4, 0.5) is 4.79 Å². The number of benzene rings is 1. The molecule has 1 aliphatic rings. The fourth-order valence-electron chi connectivity index (χ4n) is 2.32. The van der Waals surface area contributed by atoms with Crippen LogP contribution < -0.4 is 10.6 Å². The molecule has 0 aromatic heterocycles. The van der Waals surface area contributed by atoms with Crippen molar-refractivity contribution >= 4 is 12.0 Å². The van der Waals surface area contributed by atoms with E-state index in [0.29, 0.717) is 5.70 Å². The maximum atomic E-state index is 12.7. The highest BCUT2D eigenvalue weighted by Gasteiger charge is 2.40. The molecule has 0 aliphatic carbocycles. The maximum absolute atomic E-state index is 12.7. The van der Waals surface area contributed by atoms with Gasteiger partial charge in [0.15, 0.2) is 0 Å². The standard InChI is InChI=1S/C18H24N2O3/c1-11-14(16(21)23-12(2)18(3,4)5)15(20-17(22)19-11)13-9-7-6-8-10-13/h6-10,12,14-15H,1H2,2-5H3,(H2,19,20,22). The summed E-state index contributed by atoms with van der Waals surface area (Å²) >= 11 is 0. The van der Waals surface area contributed by atoms with Crippen molar-refractivity contribution in [1.82, 2.24) is 10.6 Å². The monoisotopic (exact) mass is 316 g/mol. The number of hydrogen-bond donors (Lipinski definition) is 2. The average Bonchev–Trinajstić information content (AvgIpc) is 2.46. The Morgan fingerprint density at radius 3 is 2.43 bits per heavy atom. The Morgan fingerprint density at radius 1 is 1.26 bits per heavy atom. The smallest absolute Gasteiger partial charge is 0.319 e. The van der Waals surface area contributed by atoms with E-state index in [2.05, 4.69) is 17.2 Å². The average molecular weight is 316 g/mol. The SMILES string of the molecule is C=C1NC(=O)NC(c2ccccc2)C1C(=O)OC(C)C(C)(C)C. The highest BCUT2D eigenvalue weighted by molar-refractivity contribution is 5.85. The minimum absolute atomic E-state index is 0.162. The van der Waals surface area contributed by atoms with Crippen LogP contribution >= 0.6 is 0 Å². The third kappa shape index (κ3) is 3.92. The number of urea groups is 1. The van der Waals surface area contributed by atoms with Crippen molar-refractivity contribution in [1.29, 1.82) is 0 Å². The normalized spacial score (nSPS) is 22.8. The second kappa shape index (κ2) is 6.44. The van der Waals surface area contributed by atoms with Gasteiger partial charge in [-0.2, -0.15) is 0 Å². The largest absolute Gasteiger partial charge is 0.462 e. The predicted molar refractivity (Wildman–Crippen MR) is 88.5 cm³/mol. The molecule has 5 heteroatoms. The highest BCUT2D eigenvalue weighted by Crippen LogP contribution is 2.32. The van der Waals surface area contributed by atoms with Gasteiger partial charge >= 0.3 is 12.0 Å². The van der Waals surface area contributed by atoms with Gasteiger partial charge in [0.1, 0.15) is 12.0 Å². The molecule has 3 unspecified atom stereocenters. The minimum atomic E-state index is -0.667. The highest BCUT2D eigenvalue weighted by atomic mass is 16.5. The molecule has 0 spiro atoms. The number of esters is 1. The topological polar surface area (TPSA) is 67.4 Å². The zero-order valence-electron chi connectivity index (χ0n) is 14.1. The van der Waals surface area contributed by atoms with E-state index in [1.807, 2.05) is 58.0 Å². The van der Waals surface area contributed by atoms with Crippen molar-refractivity contribution in [3.63, 3.8) is 0 Å². The van der Waals surface area contributed by atoms with Crippen LogP contribution in [0.2, 0.25) is 0 Å². The van der Waals surface area contributed by atoms with Crippen molar-refractivity contribution in [2.24, 2.45) is 11.3 Å². The molecular formula is C18H24N2O3. The Hall–Kier alpha value is -2.30. The first-order valence-electron chi connectivity index (χ1n) is 7.72. The van der Waals surface area contributed by atoms with Crippen molar-refractivity contribution in [3.8, 4) is 0 Å². The predicted octanol–water partition coefficient (Wildman–Crippen LogP) is 3.15. The van der Waals surface area contributed by atoms with E-state index in [1.54, 1.807) is 0 Å². The molecule has 0 radical (unpaired) electrons. The quantitative estimate of drug-likeness (QED) is 0.842. The van der Waals surface area contributed by atoms with Gasteiger partial charge in [0.25, 0.3) is 0 Å². The number of carbonyl (C=O) groups excluding carboxylic acids is 2. The van der Waals surface area contributed by atoms with Gasteiger partial charge in [0.05, 0.1) is 6.04 Å². The van der Waals surface area contributed by atoms with Crippen LogP contribution in [0.3, 0.4) is 0 Å². The van der Waals surface area contributed by atoms with E-state index in [0.717, 1.165) is 5.56 Å². The number of ether oxygens (including phenoxy) is 1. The van der Waals surface area contributed by atoms with E-state index in [4.69, 9.17) is 4.74 Å². The van der Waals surface area contributed by atoms with Crippen molar-refractivity contribution in [2.75, 3.05) is 0 Å². The van der Waals surface area contributed by atoms with Gasteiger partial charge in [-0.15, -0.1) is 0 Å². The lowest BCUT2D eigenvalue weighted by atomic mass is 9.87. The molecule has 0 bridgehead atoms. The van der Waals surface area contributed by atoms with Crippen LogP contribution in [0.25, 0.3) is 0 Å². The zero-order chi connectivity index (χ0) is 17.2. The van der Waals surface area contributed by atoms with Gasteiger partial charge in [0.2, 0.25) is 0 Å². The Balaban J connectivity index is 2.26. The third-order valence-electron chi connectivity index (χ3n) is 4.19. The summed E-state index contributed by atoms with van der Waals surface area (Å²) < 4.78 is 5.62. The van der Waals surface area contributed by atoms with Crippen LogP contribution in [0.5, 0.6) is 0 Å². The molecule has 1 aliphatic heterocycles. The van der Waals surface area contributed by atoms with Gasteiger partial charge in [0, 0.05) is 5.70 Å². The molecule has 0 saturated carbocycles. The van der Waals surface area contributed by atoms with Crippen LogP contribution in [-0.4, -0.2) is 18.1 Å². The first kappa shape index (κ1) is 17.1. The lowest BCUT2D eigenvalue weighted by Crippen LogP contribution is -2.51. The minimum Gasteiger partial charge on any atom is -0.462 e. The number of hydrogen-bond acceptors (Lipinski definition) is 3. The molecule has 124 valence electrons. The molecule has 2 N–H and O–H groups in total. The van der Waals surface area contributed by atoms with Crippen LogP contribution in [0.15, 0.2) is 42.6 Å². The molecular weight excluding hydrogens is 292 g/mol. The molecule has 1 aromatic rings. The van der Waals surface area contributed by atoms with E-state index in [9.17, 15) is 9.59 Å². The summed E-state index contributed by atoms with van der Waals surface area (Å²) in [5.74, 6) is -1.06. The van der Waals surface area contributed by atoms with Crippen molar-refractivity contribution < 1.29 is 14.3 Å². The third-order valence-corrected chi connectivity index (χ3v) is 4.19. The van der Waals surface area contributed by atoms with Gasteiger partial charge in [-0.1, -0.05) is 57.7 Å². The Labute approximate surface area is 137 Å². The summed E-state index contributed by atoms with van der Waals surface area (Å²) in [5.41, 5.74) is 1.03. The molecule has 2 rings (SSSR count). The summed E-state index contributed by atoms with van der Waals surface area (Å²) in [4.78, 5) is 24.5. The molecule has 23 heavy (non-hydrogen) atoms. The van der Waals surface area contributed by atoms with Gasteiger partial charge in [-0.05, 0) is 17.9 Å². The van der Waals surface area contributed by atoms with E-state index >= 15 is 0 Å². The lowest BCUT2D eigenvalue weighted by molar-refractivity contribution is -0.158. The maximum Gasteiger partial charge on any atom is 0.319 e. The lowest BCUT2D eigenvalue weighted by Gasteiger charge is -2.35. The summed E-state index contributed by atoms with van der Waals surface area (Å²) in [6.45, 7) is 11.7. The first-order valence-corrected chi connectivity index (χ1v) is 7.72. The molecule has 1 fully saturated rings. The number of carbonyl (C=O) groups is 2.